The van der Waals surface area contributed by atoms with Crippen molar-refractivity contribution >= 4 is 5.82 Å². The van der Waals surface area contributed by atoms with E-state index >= 15 is 0 Å². The fourth-order valence-electron chi connectivity index (χ4n) is 2.63. The molecule has 0 radical (unpaired) electrons. The minimum atomic E-state index is -0.258. The monoisotopic (exact) mass is 285 g/mol. The highest BCUT2D eigenvalue weighted by Gasteiger charge is 2.21. The molecule has 1 aromatic heterocycles. The van der Waals surface area contributed by atoms with Gasteiger partial charge in [0.15, 0.2) is 5.82 Å². The molecule has 1 aliphatic rings. The number of hydrogen-bond acceptors (Lipinski definition) is 5. The lowest BCUT2D eigenvalue weighted by molar-refractivity contribution is 0.198. The van der Waals surface area contributed by atoms with Crippen LogP contribution < -0.4 is 9.64 Å². The van der Waals surface area contributed by atoms with E-state index in [1.54, 1.807) is 13.3 Å². The van der Waals surface area contributed by atoms with Gasteiger partial charge in [0.2, 0.25) is 0 Å². The number of aryl methyl sites for hydroxylation is 1. The first-order valence-corrected chi connectivity index (χ1v) is 7.08. The summed E-state index contributed by atoms with van der Waals surface area (Å²) in [5, 5.41) is 9.64. The first-order chi connectivity index (χ1) is 10.2. The van der Waals surface area contributed by atoms with Crippen molar-refractivity contribution in [2.45, 2.75) is 19.4 Å². The molecule has 3 rings (SSSR count). The Morgan fingerprint density at radius 3 is 2.86 bits per heavy atom. The van der Waals surface area contributed by atoms with Crippen LogP contribution in [0.15, 0.2) is 30.5 Å². The van der Waals surface area contributed by atoms with Crippen LogP contribution in [0.1, 0.15) is 12.0 Å². The molecule has 0 amide bonds. The Morgan fingerprint density at radius 2 is 2.19 bits per heavy atom. The maximum Gasteiger partial charge on any atom is 0.161 e. The summed E-state index contributed by atoms with van der Waals surface area (Å²) in [6, 6.07) is 7.80. The highest BCUT2D eigenvalue weighted by Crippen LogP contribution is 2.25. The van der Waals surface area contributed by atoms with Crippen molar-refractivity contribution in [2.75, 3.05) is 25.1 Å². The third-order valence-corrected chi connectivity index (χ3v) is 3.78. The zero-order valence-electron chi connectivity index (χ0n) is 12.3. The van der Waals surface area contributed by atoms with Crippen LogP contribution in [0.2, 0.25) is 0 Å². The number of rotatable bonds is 3. The summed E-state index contributed by atoms with van der Waals surface area (Å²) in [4.78, 5) is 11.1. The predicted molar refractivity (Wildman–Crippen MR) is 81.6 cm³/mol. The standard InChI is InChI=1S/C16H19N3O2/c1-11-9-12(3-4-14(11)21-2)16-17-7-5-15(18-16)19-8-6-13(20)10-19/h3-5,7,9,13,20H,6,8,10H2,1-2H3/t13-/m1/s1. The average Bonchev–Trinajstić information content (AvgIpc) is 2.94. The first kappa shape index (κ1) is 13.8. The van der Waals surface area contributed by atoms with Gasteiger partial charge in [-0.2, -0.15) is 0 Å². The quantitative estimate of drug-likeness (QED) is 0.935. The molecule has 0 saturated carbocycles. The third kappa shape index (κ3) is 2.83. The number of aliphatic hydroxyl groups is 1. The summed E-state index contributed by atoms with van der Waals surface area (Å²) in [7, 11) is 1.66. The summed E-state index contributed by atoms with van der Waals surface area (Å²) in [5.41, 5.74) is 2.02. The second kappa shape index (κ2) is 5.69. The fourth-order valence-corrected chi connectivity index (χ4v) is 2.63. The molecule has 1 aliphatic heterocycles. The molecule has 21 heavy (non-hydrogen) atoms. The van der Waals surface area contributed by atoms with Crippen LogP contribution in [0.25, 0.3) is 11.4 Å². The van der Waals surface area contributed by atoms with Crippen molar-refractivity contribution in [3.63, 3.8) is 0 Å². The SMILES string of the molecule is COc1ccc(-c2nccc(N3CC[C@@H](O)C3)n2)cc1C. The molecule has 2 heterocycles. The maximum absolute atomic E-state index is 9.64. The van der Waals surface area contributed by atoms with Gasteiger partial charge in [-0.25, -0.2) is 9.97 Å². The predicted octanol–water partition coefficient (Wildman–Crippen LogP) is 2.03. The number of ether oxygens (including phenoxy) is 1. The number of benzene rings is 1. The molecular formula is C16H19N3O2. The Bertz CT molecular complexity index is 645. The van der Waals surface area contributed by atoms with Crippen LogP contribution >= 0.6 is 0 Å². The van der Waals surface area contributed by atoms with E-state index in [0.29, 0.717) is 12.4 Å². The highest BCUT2D eigenvalue weighted by molar-refractivity contribution is 5.60. The minimum Gasteiger partial charge on any atom is -0.496 e. The van der Waals surface area contributed by atoms with Crippen LogP contribution in [-0.2, 0) is 0 Å². The van der Waals surface area contributed by atoms with Crippen LogP contribution in [-0.4, -0.2) is 41.4 Å². The molecule has 0 aliphatic carbocycles. The van der Waals surface area contributed by atoms with Gasteiger partial charge in [0, 0.05) is 24.8 Å². The normalized spacial score (nSPS) is 18.0. The van der Waals surface area contributed by atoms with Crippen LogP contribution in [0.5, 0.6) is 5.75 Å². The first-order valence-electron chi connectivity index (χ1n) is 7.08. The zero-order valence-corrected chi connectivity index (χ0v) is 12.3. The van der Waals surface area contributed by atoms with Gasteiger partial charge < -0.3 is 14.7 Å². The van der Waals surface area contributed by atoms with Gasteiger partial charge >= 0.3 is 0 Å². The Labute approximate surface area is 124 Å². The molecule has 1 atom stereocenters. The van der Waals surface area contributed by atoms with Crippen LogP contribution in [0.3, 0.4) is 0 Å². The van der Waals surface area contributed by atoms with Gasteiger partial charge in [-0.15, -0.1) is 0 Å². The topological polar surface area (TPSA) is 58.5 Å². The van der Waals surface area contributed by atoms with E-state index in [9.17, 15) is 5.11 Å². The van der Waals surface area contributed by atoms with Crippen molar-refractivity contribution < 1.29 is 9.84 Å². The number of methoxy groups -OCH3 is 1. The Morgan fingerprint density at radius 1 is 1.33 bits per heavy atom. The van der Waals surface area contributed by atoms with Gasteiger partial charge in [0.1, 0.15) is 11.6 Å². The summed E-state index contributed by atoms with van der Waals surface area (Å²) in [5.74, 6) is 2.42. The average molecular weight is 285 g/mol. The molecule has 0 spiro atoms. The van der Waals surface area contributed by atoms with Crippen molar-refractivity contribution in [3.8, 4) is 17.1 Å². The maximum atomic E-state index is 9.64. The molecule has 0 unspecified atom stereocenters. The Hall–Kier alpha value is -2.14. The van der Waals surface area contributed by atoms with Crippen molar-refractivity contribution in [1.82, 2.24) is 9.97 Å². The van der Waals surface area contributed by atoms with Gasteiger partial charge in [-0.1, -0.05) is 0 Å². The smallest absolute Gasteiger partial charge is 0.161 e. The summed E-state index contributed by atoms with van der Waals surface area (Å²) in [6.45, 7) is 3.47. The summed E-state index contributed by atoms with van der Waals surface area (Å²) >= 11 is 0. The lowest BCUT2D eigenvalue weighted by Crippen LogP contribution is -2.22. The van der Waals surface area contributed by atoms with E-state index in [1.165, 1.54) is 0 Å². The number of nitrogens with zero attached hydrogens (tertiary/aromatic N) is 3. The van der Waals surface area contributed by atoms with E-state index < -0.39 is 0 Å². The van der Waals surface area contributed by atoms with E-state index in [1.807, 2.05) is 31.2 Å². The molecule has 110 valence electrons. The minimum absolute atomic E-state index is 0.258. The van der Waals surface area contributed by atoms with Crippen LogP contribution in [0.4, 0.5) is 5.82 Å². The largest absolute Gasteiger partial charge is 0.496 e. The molecule has 1 saturated heterocycles. The van der Waals surface area contributed by atoms with E-state index in [-0.39, 0.29) is 6.10 Å². The summed E-state index contributed by atoms with van der Waals surface area (Å²) < 4.78 is 5.28. The Balaban J connectivity index is 1.90. The molecule has 5 nitrogen and oxygen atoms in total. The summed E-state index contributed by atoms with van der Waals surface area (Å²) in [6.07, 6.45) is 2.30. The third-order valence-electron chi connectivity index (χ3n) is 3.78. The number of aliphatic hydroxyl groups excluding tert-OH is 1. The van der Waals surface area contributed by atoms with Gasteiger partial charge in [0.05, 0.1) is 13.2 Å². The second-order valence-corrected chi connectivity index (χ2v) is 5.31. The molecule has 0 bridgehead atoms. The van der Waals surface area contributed by atoms with Gasteiger partial charge in [0.25, 0.3) is 0 Å². The van der Waals surface area contributed by atoms with E-state index in [2.05, 4.69) is 14.9 Å². The van der Waals surface area contributed by atoms with Crippen molar-refractivity contribution in [3.05, 3.63) is 36.0 Å². The molecule has 2 aromatic rings. The molecule has 1 aromatic carbocycles. The number of aromatic nitrogens is 2. The lowest BCUT2D eigenvalue weighted by atomic mass is 10.1. The lowest BCUT2D eigenvalue weighted by Gasteiger charge is -2.17. The van der Waals surface area contributed by atoms with Gasteiger partial charge in [-0.3, -0.25) is 0 Å². The number of hydrogen-bond donors (Lipinski definition) is 1. The molecule has 5 heteroatoms. The number of β-amino-alcohol motifs (C(OH)–C–C–N with tert-alkyl or cyclic N) is 1. The molecule has 1 N–H and O–H groups in total. The van der Waals surface area contributed by atoms with Gasteiger partial charge in [-0.05, 0) is 43.2 Å². The number of anilines is 1. The fraction of sp³-hybridized carbons (Fsp3) is 0.375. The molecule has 1 fully saturated rings. The van der Waals surface area contributed by atoms with E-state index in [0.717, 1.165) is 35.7 Å². The highest BCUT2D eigenvalue weighted by atomic mass is 16.5. The zero-order chi connectivity index (χ0) is 14.8. The van der Waals surface area contributed by atoms with E-state index in [4.69, 9.17) is 4.74 Å². The second-order valence-electron chi connectivity index (χ2n) is 5.31. The molecular weight excluding hydrogens is 266 g/mol. The van der Waals surface area contributed by atoms with Crippen LogP contribution in [0, 0.1) is 6.92 Å². The van der Waals surface area contributed by atoms with Crippen molar-refractivity contribution in [2.24, 2.45) is 0 Å². The Kier molecular flexibility index (Phi) is 3.75. The van der Waals surface area contributed by atoms with Crippen molar-refractivity contribution in [1.29, 1.82) is 0 Å².